The van der Waals surface area contributed by atoms with Crippen LogP contribution in [0, 0.1) is 19.7 Å². The third-order valence-corrected chi connectivity index (χ3v) is 4.66. The summed E-state index contributed by atoms with van der Waals surface area (Å²) in [4.78, 5) is 26.7. The van der Waals surface area contributed by atoms with E-state index in [0.717, 1.165) is 16.8 Å². The fourth-order valence-corrected chi connectivity index (χ4v) is 3.40. The fraction of sp³-hybridized carbons (Fsp3) is 0.286. The van der Waals surface area contributed by atoms with Crippen LogP contribution in [-0.4, -0.2) is 30.1 Å². The Labute approximate surface area is 163 Å². The number of anilines is 2. The minimum absolute atomic E-state index is 0.104. The molecule has 0 radical (unpaired) electrons. The lowest BCUT2D eigenvalue weighted by atomic mass is 10.1. The van der Waals surface area contributed by atoms with Crippen LogP contribution < -0.4 is 15.6 Å². The van der Waals surface area contributed by atoms with E-state index >= 15 is 0 Å². The fourth-order valence-electron chi connectivity index (χ4n) is 3.40. The number of aryl methyl sites for hydroxylation is 2. The van der Waals surface area contributed by atoms with Gasteiger partial charge in [-0.15, -0.1) is 0 Å². The molecule has 0 fully saturated rings. The van der Waals surface area contributed by atoms with Crippen LogP contribution in [0.5, 0.6) is 0 Å². The van der Waals surface area contributed by atoms with Gasteiger partial charge in [-0.05, 0) is 68.3 Å². The van der Waals surface area contributed by atoms with Gasteiger partial charge in [0.25, 0.3) is 5.91 Å². The molecule has 0 bridgehead atoms. The summed E-state index contributed by atoms with van der Waals surface area (Å²) >= 11 is 0. The molecule has 2 aromatic carbocycles. The standard InChI is InChI=1S/C21H23FN4O2/c1-4-25(17-10-13(2)9-14(3)11-17)21(28)18-12-19(20(23)27)26(24-18)16-7-5-15(22)6-8-16/h5-11,19H,4,12H2,1-3H3,(H2,23,27). The van der Waals surface area contributed by atoms with Crippen LogP contribution in [-0.2, 0) is 9.59 Å². The Hall–Kier alpha value is -3.22. The van der Waals surface area contributed by atoms with Gasteiger partial charge in [0.05, 0.1) is 5.69 Å². The van der Waals surface area contributed by atoms with Gasteiger partial charge in [-0.25, -0.2) is 4.39 Å². The van der Waals surface area contributed by atoms with Crippen LogP contribution in [0.3, 0.4) is 0 Å². The van der Waals surface area contributed by atoms with Gasteiger partial charge in [0.15, 0.2) is 0 Å². The highest BCUT2D eigenvalue weighted by Gasteiger charge is 2.36. The molecule has 0 saturated carbocycles. The number of rotatable bonds is 5. The van der Waals surface area contributed by atoms with Crippen molar-refractivity contribution in [3.63, 3.8) is 0 Å². The molecule has 2 N–H and O–H groups in total. The summed E-state index contributed by atoms with van der Waals surface area (Å²) in [5.74, 6) is -1.26. The zero-order chi connectivity index (χ0) is 20.4. The molecule has 1 aliphatic rings. The highest BCUT2D eigenvalue weighted by Crippen LogP contribution is 2.27. The Balaban J connectivity index is 1.94. The molecule has 1 heterocycles. The van der Waals surface area contributed by atoms with E-state index in [2.05, 4.69) is 5.10 Å². The lowest BCUT2D eigenvalue weighted by molar-refractivity contribution is -0.119. The molecule has 146 valence electrons. The van der Waals surface area contributed by atoms with Gasteiger partial charge in [-0.2, -0.15) is 5.10 Å². The molecule has 2 amide bonds. The largest absolute Gasteiger partial charge is 0.368 e. The number of hydrazone groups is 1. The van der Waals surface area contributed by atoms with Crippen molar-refractivity contribution in [3.8, 4) is 0 Å². The minimum Gasteiger partial charge on any atom is -0.368 e. The average Bonchev–Trinajstić information content (AvgIpc) is 3.08. The van der Waals surface area contributed by atoms with Crippen molar-refractivity contribution in [1.29, 1.82) is 0 Å². The van der Waals surface area contributed by atoms with Gasteiger partial charge in [0, 0.05) is 18.7 Å². The molecule has 28 heavy (non-hydrogen) atoms. The number of hydrogen-bond acceptors (Lipinski definition) is 4. The van der Waals surface area contributed by atoms with E-state index in [1.54, 1.807) is 4.90 Å². The summed E-state index contributed by atoms with van der Waals surface area (Å²) in [6, 6.07) is 10.7. The highest BCUT2D eigenvalue weighted by atomic mass is 19.1. The van der Waals surface area contributed by atoms with Crippen LogP contribution >= 0.6 is 0 Å². The number of hydrogen-bond donors (Lipinski definition) is 1. The Kier molecular flexibility index (Phi) is 5.44. The molecule has 1 unspecified atom stereocenters. The lowest BCUT2D eigenvalue weighted by Crippen LogP contribution is -2.40. The van der Waals surface area contributed by atoms with Crippen molar-refractivity contribution in [3.05, 3.63) is 59.4 Å². The zero-order valence-electron chi connectivity index (χ0n) is 16.1. The molecule has 2 aromatic rings. The van der Waals surface area contributed by atoms with Crippen molar-refractivity contribution < 1.29 is 14.0 Å². The van der Waals surface area contributed by atoms with Crippen LogP contribution in [0.1, 0.15) is 24.5 Å². The monoisotopic (exact) mass is 382 g/mol. The predicted octanol–water partition coefficient (Wildman–Crippen LogP) is 2.92. The Morgan fingerprint density at radius 3 is 2.32 bits per heavy atom. The van der Waals surface area contributed by atoms with Crippen LogP contribution in [0.2, 0.25) is 0 Å². The third-order valence-electron chi connectivity index (χ3n) is 4.66. The molecule has 1 atom stereocenters. The van der Waals surface area contributed by atoms with Crippen molar-refractivity contribution in [2.45, 2.75) is 33.2 Å². The van der Waals surface area contributed by atoms with Gasteiger partial charge < -0.3 is 10.6 Å². The maximum Gasteiger partial charge on any atom is 0.274 e. The zero-order valence-corrected chi connectivity index (χ0v) is 16.1. The van der Waals surface area contributed by atoms with Crippen LogP contribution in [0.4, 0.5) is 15.8 Å². The first-order chi connectivity index (χ1) is 13.3. The second kappa shape index (κ2) is 7.80. The van der Waals surface area contributed by atoms with E-state index in [0.29, 0.717) is 12.2 Å². The molecule has 0 spiro atoms. The van der Waals surface area contributed by atoms with Crippen molar-refractivity contribution in [2.24, 2.45) is 10.8 Å². The number of amides is 2. The second-order valence-corrected chi connectivity index (χ2v) is 6.89. The topological polar surface area (TPSA) is 79.0 Å². The number of primary amides is 1. The van der Waals surface area contributed by atoms with E-state index in [4.69, 9.17) is 5.73 Å². The quantitative estimate of drug-likeness (QED) is 0.864. The molecule has 0 aromatic heterocycles. The van der Waals surface area contributed by atoms with Crippen molar-refractivity contribution >= 4 is 28.9 Å². The van der Waals surface area contributed by atoms with Gasteiger partial charge in [0.1, 0.15) is 17.6 Å². The number of benzene rings is 2. The molecule has 0 aliphatic carbocycles. The lowest BCUT2D eigenvalue weighted by Gasteiger charge is -2.21. The summed E-state index contributed by atoms with van der Waals surface area (Å²) in [6.45, 7) is 6.29. The van der Waals surface area contributed by atoms with E-state index in [-0.39, 0.29) is 18.0 Å². The van der Waals surface area contributed by atoms with Gasteiger partial charge in [0.2, 0.25) is 5.91 Å². The van der Waals surface area contributed by atoms with Crippen molar-refractivity contribution in [1.82, 2.24) is 0 Å². The van der Waals surface area contributed by atoms with Gasteiger partial charge in [-0.1, -0.05) is 6.07 Å². The SMILES string of the molecule is CCN(C(=O)C1=NN(c2ccc(F)cc2)C(C(N)=O)C1)c1cc(C)cc(C)c1. The summed E-state index contributed by atoms with van der Waals surface area (Å²) in [5, 5.41) is 5.76. The molecule has 6 nitrogen and oxygen atoms in total. The van der Waals surface area contributed by atoms with Crippen LogP contribution in [0.15, 0.2) is 47.6 Å². The first kappa shape index (κ1) is 19.5. The smallest absolute Gasteiger partial charge is 0.274 e. The molecule has 3 rings (SSSR count). The molecular weight excluding hydrogens is 359 g/mol. The number of carbonyl (C=O) groups is 2. The minimum atomic E-state index is -0.789. The number of nitrogens with zero attached hydrogens (tertiary/aromatic N) is 3. The van der Waals surface area contributed by atoms with E-state index in [9.17, 15) is 14.0 Å². The van der Waals surface area contributed by atoms with E-state index < -0.39 is 17.8 Å². The summed E-state index contributed by atoms with van der Waals surface area (Å²) in [5.41, 5.74) is 9.16. The number of halogens is 1. The Morgan fingerprint density at radius 1 is 1.18 bits per heavy atom. The van der Waals surface area contributed by atoms with Crippen LogP contribution in [0.25, 0.3) is 0 Å². The Bertz CT molecular complexity index is 920. The average molecular weight is 382 g/mol. The maximum absolute atomic E-state index is 13.2. The highest BCUT2D eigenvalue weighted by molar-refractivity contribution is 6.45. The third kappa shape index (κ3) is 3.88. The first-order valence-electron chi connectivity index (χ1n) is 9.12. The van der Waals surface area contributed by atoms with Gasteiger partial charge >= 0.3 is 0 Å². The van der Waals surface area contributed by atoms with E-state index in [1.165, 1.54) is 29.3 Å². The first-order valence-corrected chi connectivity index (χ1v) is 9.12. The number of carbonyl (C=O) groups excluding carboxylic acids is 2. The summed E-state index contributed by atoms with van der Waals surface area (Å²) in [7, 11) is 0. The Morgan fingerprint density at radius 2 is 1.79 bits per heavy atom. The summed E-state index contributed by atoms with van der Waals surface area (Å²) < 4.78 is 13.2. The molecular formula is C21H23FN4O2. The molecule has 0 saturated heterocycles. The maximum atomic E-state index is 13.2. The van der Waals surface area contributed by atoms with E-state index in [1.807, 2.05) is 39.0 Å². The van der Waals surface area contributed by atoms with Gasteiger partial charge in [-0.3, -0.25) is 14.6 Å². The molecule has 7 heteroatoms. The van der Waals surface area contributed by atoms with Crippen molar-refractivity contribution in [2.75, 3.05) is 16.5 Å². The molecule has 1 aliphatic heterocycles. The predicted molar refractivity (Wildman–Crippen MR) is 108 cm³/mol. The number of nitrogens with two attached hydrogens (primary N) is 1. The normalized spacial score (nSPS) is 16.1. The summed E-state index contributed by atoms with van der Waals surface area (Å²) in [6.07, 6.45) is 0.104. The second-order valence-electron chi connectivity index (χ2n) is 6.89.